The highest BCUT2D eigenvalue weighted by Gasteiger charge is 2.55. The molecule has 0 aromatic carbocycles. The number of amides is 2. The lowest BCUT2D eigenvalue weighted by Crippen LogP contribution is -2.72. The summed E-state index contributed by atoms with van der Waals surface area (Å²) in [6.07, 6.45) is 6.15. The third-order valence-electron chi connectivity index (χ3n) is 8.36. The van der Waals surface area contributed by atoms with Gasteiger partial charge >= 0.3 is 0 Å². The molecule has 0 bridgehead atoms. The van der Waals surface area contributed by atoms with Crippen molar-refractivity contribution in [3.05, 3.63) is 40.1 Å². The number of oxime groups is 1. The Morgan fingerprint density at radius 3 is 2.77 bits per heavy atom. The van der Waals surface area contributed by atoms with Gasteiger partial charge in [-0.15, -0.1) is 23.1 Å². The second-order valence-corrected chi connectivity index (χ2v) is 12.6. The molecular formula is C25H30N8O5S2. The van der Waals surface area contributed by atoms with Crippen LogP contribution in [0.1, 0.15) is 42.8 Å². The molecule has 4 aliphatic rings. The Morgan fingerprint density at radius 1 is 1.35 bits per heavy atom. The number of nitrogen functional groups attached to an aromatic ring is 1. The highest BCUT2D eigenvalue weighted by Crippen LogP contribution is 2.43. The Kier molecular flexibility index (Phi) is 7.04. The van der Waals surface area contributed by atoms with Crippen molar-refractivity contribution in [2.24, 2.45) is 5.16 Å². The molecule has 13 nitrogen and oxygen atoms in total. The average molecular weight is 587 g/mol. The van der Waals surface area contributed by atoms with E-state index in [-0.39, 0.29) is 28.8 Å². The molecule has 15 heteroatoms. The van der Waals surface area contributed by atoms with Gasteiger partial charge < -0.3 is 35.3 Å². The number of β-lactam (4-membered cyclic amide) rings is 1. The number of fused-ring (bicyclic) bond motifs is 2. The van der Waals surface area contributed by atoms with E-state index in [2.05, 4.69) is 25.4 Å². The number of thioether (sulfide) groups is 1. The van der Waals surface area contributed by atoms with Gasteiger partial charge in [-0.2, -0.15) is 0 Å². The number of carboxylic acids is 1. The minimum atomic E-state index is -1.35. The van der Waals surface area contributed by atoms with Gasteiger partial charge in [0.15, 0.2) is 17.5 Å². The first-order valence-corrected chi connectivity index (χ1v) is 15.1. The number of hydrogen-bond donors (Lipinski definition) is 3. The molecule has 0 aliphatic carbocycles. The molecule has 2 aromatic rings. The lowest BCUT2D eigenvalue weighted by atomic mass is 10.0. The first kappa shape index (κ1) is 26.8. The summed E-state index contributed by atoms with van der Waals surface area (Å²) in [7, 11) is 0. The Bertz CT molecular complexity index is 1410. The first-order chi connectivity index (χ1) is 19.3. The maximum atomic E-state index is 13.3. The highest BCUT2D eigenvalue weighted by atomic mass is 32.2. The summed E-state index contributed by atoms with van der Waals surface area (Å²) in [5.41, 5.74) is 7.97. The molecule has 2 atom stereocenters. The number of thiazole rings is 1. The van der Waals surface area contributed by atoms with Gasteiger partial charge in [-0.1, -0.05) is 5.16 Å². The second kappa shape index (κ2) is 10.5. The van der Waals surface area contributed by atoms with E-state index in [1.807, 2.05) is 6.92 Å². The number of aromatic nitrogens is 3. The normalized spacial score (nSPS) is 27.8. The smallest absolute Gasteiger partial charge is 0.276 e. The monoisotopic (exact) mass is 586 g/mol. The van der Waals surface area contributed by atoms with Crippen LogP contribution >= 0.6 is 23.1 Å². The molecule has 40 heavy (non-hydrogen) atoms. The number of quaternary nitrogens is 1. The topological polar surface area (TPSA) is 179 Å². The third kappa shape index (κ3) is 4.65. The fourth-order valence-corrected chi connectivity index (χ4v) is 8.30. The molecule has 0 spiro atoms. The molecule has 6 heterocycles. The summed E-state index contributed by atoms with van der Waals surface area (Å²) < 4.78 is 0.911. The zero-order valence-corrected chi connectivity index (χ0v) is 23.6. The van der Waals surface area contributed by atoms with E-state index in [1.54, 1.807) is 5.38 Å². The van der Waals surface area contributed by atoms with Crippen molar-refractivity contribution in [1.29, 1.82) is 0 Å². The summed E-state index contributed by atoms with van der Waals surface area (Å²) in [6, 6.07) is -0.365. The molecule has 4 N–H and O–H groups in total. The van der Waals surface area contributed by atoms with Crippen LogP contribution in [0, 0.1) is 6.92 Å². The van der Waals surface area contributed by atoms with E-state index in [4.69, 9.17) is 10.6 Å². The Morgan fingerprint density at radius 2 is 2.12 bits per heavy atom. The zero-order chi connectivity index (χ0) is 28.0. The van der Waals surface area contributed by atoms with Crippen molar-refractivity contribution >= 4 is 51.7 Å². The van der Waals surface area contributed by atoms with Crippen molar-refractivity contribution in [1.82, 2.24) is 25.2 Å². The zero-order valence-electron chi connectivity index (χ0n) is 21.9. The van der Waals surface area contributed by atoms with E-state index in [0.717, 1.165) is 53.0 Å². The number of aryl methyl sites for hydroxylation is 1. The van der Waals surface area contributed by atoms with Gasteiger partial charge in [-0.05, 0) is 6.92 Å². The largest absolute Gasteiger partial charge is 0.543 e. The van der Waals surface area contributed by atoms with Crippen LogP contribution in [0.25, 0.3) is 0 Å². The summed E-state index contributed by atoms with van der Waals surface area (Å²) in [6.45, 7) is 4.56. The maximum Gasteiger partial charge on any atom is 0.276 e. The number of aromatic amines is 1. The molecule has 3 fully saturated rings. The van der Waals surface area contributed by atoms with E-state index >= 15 is 0 Å². The Hall–Kier alpha value is -3.43. The highest BCUT2D eigenvalue weighted by molar-refractivity contribution is 8.00. The van der Waals surface area contributed by atoms with Gasteiger partial charge in [-0.3, -0.25) is 14.5 Å². The SMILES string of the molecule is Cc1[nH]cnc1CO/N=C(\C(=O)N[C@@H]1C(=O)N2C(C(=O)[O-])=C(C[N+]34CCCC3CCC4)CS[C@H]12)c1csc(N)n1. The average Bonchev–Trinajstić information content (AvgIpc) is 3.70. The number of anilines is 1. The van der Waals surface area contributed by atoms with Crippen molar-refractivity contribution in [3.8, 4) is 0 Å². The van der Waals surface area contributed by atoms with Crippen LogP contribution in [0.15, 0.2) is 28.1 Å². The standard InChI is InChI=1S/C25H30N8O5S2/c1-13-16(28-12-27-13)9-38-31-18(17-11-40-25(26)29-17)21(34)30-19-22(35)32-20(24(36)37)14(10-39-23(19)32)8-33-6-2-4-15(33)5-3-7-33/h11-12,15,19,23H,2-10H2,1H3,(H4-,26,27,28,29,30,34,36,37)/b31-18-/t15?,19-,23-,33?/m1/s1. The molecule has 0 radical (unpaired) electrons. The molecule has 6 rings (SSSR count). The molecule has 3 saturated heterocycles. The van der Waals surface area contributed by atoms with Crippen molar-refractivity contribution in [2.45, 2.75) is 56.7 Å². The molecule has 212 valence electrons. The van der Waals surface area contributed by atoms with Crippen molar-refractivity contribution in [3.63, 3.8) is 0 Å². The van der Waals surface area contributed by atoms with Crippen LogP contribution in [0.4, 0.5) is 5.13 Å². The predicted molar refractivity (Wildman–Crippen MR) is 145 cm³/mol. The number of carbonyl (C=O) groups is 3. The van der Waals surface area contributed by atoms with Gasteiger partial charge in [0.25, 0.3) is 11.8 Å². The fourth-order valence-electron chi connectivity index (χ4n) is 6.41. The van der Waals surface area contributed by atoms with E-state index in [9.17, 15) is 19.5 Å². The van der Waals surface area contributed by atoms with Crippen LogP contribution in [-0.2, 0) is 25.8 Å². The van der Waals surface area contributed by atoms with Crippen molar-refractivity contribution < 1.29 is 28.8 Å². The third-order valence-corrected chi connectivity index (χ3v) is 10.4. The minimum absolute atomic E-state index is 0.0176. The Balaban J connectivity index is 1.19. The number of hydrogen-bond acceptors (Lipinski definition) is 11. The van der Waals surface area contributed by atoms with E-state index in [0.29, 0.717) is 24.0 Å². The van der Waals surface area contributed by atoms with Crippen LogP contribution in [0.2, 0.25) is 0 Å². The fraction of sp³-hybridized carbons (Fsp3) is 0.520. The van der Waals surface area contributed by atoms with Gasteiger partial charge in [0.1, 0.15) is 29.3 Å². The number of carbonyl (C=O) groups excluding carboxylic acids is 3. The van der Waals surface area contributed by atoms with E-state index in [1.165, 1.54) is 35.8 Å². The molecular weight excluding hydrogens is 556 g/mol. The molecule has 0 saturated carbocycles. The summed E-state index contributed by atoms with van der Waals surface area (Å²) in [5, 5.41) is 20.3. The lowest BCUT2D eigenvalue weighted by Gasteiger charge is -2.51. The van der Waals surface area contributed by atoms with Gasteiger partial charge in [0.05, 0.1) is 37.1 Å². The first-order valence-electron chi connectivity index (χ1n) is 13.2. The van der Waals surface area contributed by atoms with Crippen molar-refractivity contribution in [2.75, 3.05) is 31.1 Å². The Labute approximate surface area is 238 Å². The minimum Gasteiger partial charge on any atom is -0.543 e. The van der Waals surface area contributed by atoms with Crippen LogP contribution in [-0.4, -0.2) is 90.7 Å². The van der Waals surface area contributed by atoms with Crippen LogP contribution in [0.5, 0.6) is 0 Å². The number of nitrogens with two attached hydrogens (primary N) is 1. The number of nitrogens with zero attached hydrogens (tertiary/aromatic N) is 5. The summed E-state index contributed by atoms with van der Waals surface area (Å²) in [4.78, 5) is 56.8. The lowest BCUT2D eigenvalue weighted by molar-refractivity contribution is -0.922. The molecule has 4 aliphatic heterocycles. The van der Waals surface area contributed by atoms with Gasteiger partial charge in [0.2, 0.25) is 0 Å². The van der Waals surface area contributed by atoms with Crippen LogP contribution < -0.4 is 16.2 Å². The molecule has 2 aromatic heterocycles. The quantitative estimate of drug-likeness (QED) is 0.156. The number of rotatable bonds is 9. The molecule has 2 amide bonds. The molecule has 0 unspecified atom stereocenters. The summed E-state index contributed by atoms with van der Waals surface area (Å²) in [5.74, 6) is -2.06. The number of imidazole rings is 1. The second-order valence-electron chi connectivity index (χ2n) is 10.6. The van der Waals surface area contributed by atoms with Gasteiger partial charge in [-0.25, -0.2) is 9.97 Å². The number of nitrogens with one attached hydrogen (secondary N) is 2. The van der Waals surface area contributed by atoms with E-state index < -0.39 is 29.2 Å². The van der Waals surface area contributed by atoms with Gasteiger partial charge in [0, 0.05) is 48.1 Å². The number of aliphatic carboxylic acids is 1. The van der Waals surface area contributed by atoms with Crippen LogP contribution in [0.3, 0.4) is 0 Å². The summed E-state index contributed by atoms with van der Waals surface area (Å²) >= 11 is 2.59. The number of H-pyrrole nitrogens is 1. The predicted octanol–water partition coefficient (Wildman–Crippen LogP) is -0.145. The number of carboxylic acid groups (broad SMARTS) is 1. The maximum absolute atomic E-state index is 13.3.